The molecule has 9 heteroatoms. The summed E-state index contributed by atoms with van der Waals surface area (Å²) in [5.74, 6) is 1.67. The van der Waals surface area contributed by atoms with E-state index in [-0.39, 0.29) is 11.8 Å². The van der Waals surface area contributed by atoms with Gasteiger partial charge in [0.05, 0.1) is 27.9 Å². The van der Waals surface area contributed by atoms with Crippen LogP contribution >= 0.6 is 0 Å². The predicted molar refractivity (Wildman–Crippen MR) is 123 cm³/mol. The van der Waals surface area contributed by atoms with Gasteiger partial charge in [-0.25, -0.2) is 0 Å². The van der Waals surface area contributed by atoms with Gasteiger partial charge in [-0.3, -0.25) is 14.5 Å². The van der Waals surface area contributed by atoms with Crippen LogP contribution in [0.1, 0.15) is 25.7 Å². The maximum absolute atomic E-state index is 12.5. The fraction of sp³-hybridized carbons (Fsp3) is 0.652. The second-order valence-corrected chi connectivity index (χ2v) is 8.27. The molecule has 0 aliphatic carbocycles. The van der Waals surface area contributed by atoms with Crippen LogP contribution in [0.4, 0.5) is 5.69 Å². The number of methoxy groups -OCH3 is 3. The molecule has 2 heterocycles. The monoisotopic (exact) mass is 448 g/mol. The van der Waals surface area contributed by atoms with E-state index >= 15 is 0 Å². The molecule has 2 saturated heterocycles. The van der Waals surface area contributed by atoms with Crippen LogP contribution in [0.3, 0.4) is 0 Å². The number of nitrogens with one attached hydrogen (secondary N) is 1. The summed E-state index contributed by atoms with van der Waals surface area (Å²) < 4.78 is 16.0. The number of benzene rings is 1. The largest absolute Gasteiger partial charge is 0.493 e. The van der Waals surface area contributed by atoms with Crippen LogP contribution in [-0.2, 0) is 9.59 Å². The topological polar surface area (TPSA) is 83.6 Å². The highest BCUT2D eigenvalue weighted by Crippen LogP contribution is 2.39. The number of piperidine rings is 1. The minimum atomic E-state index is -0.0676. The van der Waals surface area contributed by atoms with Crippen LogP contribution in [0.15, 0.2) is 12.1 Å². The summed E-state index contributed by atoms with van der Waals surface area (Å²) >= 11 is 0. The molecule has 0 unspecified atom stereocenters. The first-order chi connectivity index (χ1) is 15.5. The van der Waals surface area contributed by atoms with Gasteiger partial charge >= 0.3 is 0 Å². The van der Waals surface area contributed by atoms with Crippen molar-refractivity contribution in [1.29, 1.82) is 0 Å². The van der Waals surface area contributed by atoms with Crippen molar-refractivity contribution >= 4 is 17.5 Å². The van der Waals surface area contributed by atoms with E-state index in [9.17, 15) is 9.59 Å². The molecule has 0 atom stereocenters. The Balaban J connectivity index is 1.41. The van der Waals surface area contributed by atoms with Gasteiger partial charge < -0.3 is 29.3 Å². The Kier molecular flexibility index (Phi) is 8.99. The number of hydrogen-bond acceptors (Lipinski definition) is 7. The normalized spacial score (nSPS) is 17.7. The number of rotatable bonds is 9. The molecule has 32 heavy (non-hydrogen) atoms. The van der Waals surface area contributed by atoms with Crippen LogP contribution in [0.2, 0.25) is 0 Å². The van der Waals surface area contributed by atoms with Gasteiger partial charge in [0.2, 0.25) is 17.6 Å². The van der Waals surface area contributed by atoms with E-state index < -0.39 is 0 Å². The summed E-state index contributed by atoms with van der Waals surface area (Å²) in [6, 6.07) is 3.44. The second kappa shape index (κ2) is 11.9. The zero-order valence-electron chi connectivity index (χ0n) is 19.5. The first kappa shape index (κ1) is 24.1. The average Bonchev–Trinajstić information content (AvgIpc) is 2.83. The molecular weight excluding hydrogens is 412 g/mol. The number of piperazine rings is 1. The standard InChI is InChI=1S/C23H36N4O5/c1-30-19-15-18(16-20(31-2)23(19)32-3)24-21(28)7-10-25-11-13-26(14-12-25)17-22(29)27-8-5-4-6-9-27/h15-16H,4-14,17H2,1-3H3,(H,24,28). The van der Waals surface area contributed by atoms with Crippen molar-refractivity contribution in [3.05, 3.63) is 12.1 Å². The number of anilines is 1. The minimum absolute atomic E-state index is 0.0676. The van der Waals surface area contributed by atoms with E-state index in [1.54, 1.807) is 33.5 Å². The first-order valence-electron chi connectivity index (χ1n) is 11.4. The molecule has 9 nitrogen and oxygen atoms in total. The molecular formula is C23H36N4O5. The van der Waals surface area contributed by atoms with Crippen LogP contribution in [0.5, 0.6) is 17.2 Å². The Labute approximate surface area is 190 Å². The quantitative estimate of drug-likeness (QED) is 0.615. The molecule has 0 saturated carbocycles. The van der Waals surface area contributed by atoms with E-state index in [0.29, 0.717) is 42.4 Å². The van der Waals surface area contributed by atoms with E-state index in [1.807, 2.05) is 4.90 Å². The lowest BCUT2D eigenvalue weighted by Crippen LogP contribution is -2.51. The van der Waals surface area contributed by atoms with Crippen molar-refractivity contribution in [3.8, 4) is 17.2 Å². The van der Waals surface area contributed by atoms with Gasteiger partial charge in [-0.1, -0.05) is 0 Å². The zero-order valence-corrected chi connectivity index (χ0v) is 19.5. The fourth-order valence-corrected chi connectivity index (χ4v) is 4.24. The third-order valence-electron chi connectivity index (χ3n) is 6.14. The molecule has 2 aliphatic rings. The molecule has 0 aromatic heterocycles. The summed E-state index contributed by atoms with van der Waals surface area (Å²) in [6.07, 6.45) is 3.87. The van der Waals surface area contributed by atoms with E-state index in [2.05, 4.69) is 15.1 Å². The maximum atomic E-state index is 12.5. The molecule has 2 fully saturated rings. The SMILES string of the molecule is COc1cc(NC(=O)CCN2CCN(CC(=O)N3CCCCC3)CC2)cc(OC)c1OC. The number of nitrogens with zero attached hydrogens (tertiary/aromatic N) is 3. The molecule has 0 radical (unpaired) electrons. The van der Waals surface area contributed by atoms with Crippen molar-refractivity contribution < 1.29 is 23.8 Å². The number of ether oxygens (including phenoxy) is 3. The van der Waals surface area contributed by atoms with Crippen LogP contribution in [0.25, 0.3) is 0 Å². The van der Waals surface area contributed by atoms with Gasteiger partial charge in [-0.05, 0) is 19.3 Å². The Morgan fingerprint density at radius 1 is 0.844 bits per heavy atom. The molecule has 0 spiro atoms. The van der Waals surface area contributed by atoms with Crippen molar-refractivity contribution in [2.45, 2.75) is 25.7 Å². The van der Waals surface area contributed by atoms with Crippen LogP contribution in [0, 0.1) is 0 Å². The Bertz CT molecular complexity index is 749. The third kappa shape index (κ3) is 6.49. The molecule has 178 valence electrons. The number of carbonyl (C=O) groups is 2. The van der Waals surface area contributed by atoms with Crippen molar-refractivity contribution in [2.24, 2.45) is 0 Å². The number of likely N-dealkylation sites (tertiary alicyclic amines) is 1. The molecule has 2 amide bonds. The fourth-order valence-electron chi connectivity index (χ4n) is 4.24. The summed E-state index contributed by atoms with van der Waals surface area (Å²) in [5.41, 5.74) is 0.602. The smallest absolute Gasteiger partial charge is 0.236 e. The molecule has 1 aromatic carbocycles. The highest BCUT2D eigenvalue weighted by molar-refractivity contribution is 5.91. The predicted octanol–water partition coefficient (Wildman–Crippen LogP) is 1.67. The number of carbonyl (C=O) groups excluding carboxylic acids is 2. The molecule has 2 aliphatic heterocycles. The summed E-state index contributed by atoms with van der Waals surface area (Å²) in [7, 11) is 4.63. The van der Waals surface area contributed by atoms with E-state index in [4.69, 9.17) is 14.2 Å². The van der Waals surface area contributed by atoms with Crippen molar-refractivity contribution in [1.82, 2.24) is 14.7 Å². The lowest BCUT2D eigenvalue weighted by Gasteiger charge is -2.36. The molecule has 0 bridgehead atoms. The zero-order chi connectivity index (χ0) is 22.9. The van der Waals surface area contributed by atoms with Gasteiger partial charge in [0.25, 0.3) is 0 Å². The van der Waals surface area contributed by atoms with E-state index in [0.717, 1.165) is 52.1 Å². The van der Waals surface area contributed by atoms with Crippen LogP contribution in [-0.4, -0.2) is 100 Å². The second-order valence-electron chi connectivity index (χ2n) is 8.27. The summed E-state index contributed by atoms with van der Waals surface area (Å²) in [6.45, 7) is 6.44. The third-order valence-corrected chi connectivity index (χ3v) is 6.14. The van der Waals surface area contributed by atoms with Gasteiger partial charge in [0, 0.05) is 70.1 Å². The Hall–Kier alpha value is -2.52. The summed E-state index contributed by atoms with van der Waals surface area (Å²) in [4.78, 5) is 31.4. The average molecular weight is 449 g/mol. The summed E-state index contributed by atoms with van der Waals surface area (Å²) in [5, 5.41) is 2.91. The van der Waals surface area contributed by atoms with Crippen LogP contribution < -0.4 is 19.5 Å². The highest BCUT2D eigenvalue weighted by atomic mass is 16.5. The highest BCUT2D eigenvalue weighted by Gasteiger charge is 2.23. The maximum Gasteiger partial charge on any atom is 0.236 e. The lowest BCUT2D eigenvalue weighted by atomic mass is 10.1. The van der Waals surface area contributed by atoms with Crippen molar-refractivity contribution in [3.63, 3.8) is 0 Å². The molecule has 1 aromatic rings. The minimum Gasteiger partial charge on any atom is -0.493 e. The Morgan fingerprint density at radius 2 is 1.44 bits per heavy atom. The van der Waals surface area contributed by atoms with Gasteiger partial charge in [-0.15, -0.1) is 0 Å². The molecule has 1 N–H and O–H groups in total. The van der Waals surface area contributed by atoms with Gasteiger partial charge in [-0.2, -0.15) is 0 Å². The van der Waals surface area contributed by atoms with Gasteiger partial charge in [0.15, 0.2) is 11.5 Å². The first-order valence-corrected chi connectivity index (χ1v) is 11.4. The van der Waals surface area contributed by atoms with Crippen molar-refractivity contribution in [2.75, 3.05) is 79.0 Å². The van der Waals surface area contributed by atoms with Gasteiger partial charge in [0.1, 0.15) is 0 Å². The molecule has 3 rings (SSSR count). The number of hydrogen-bond donors (Lipinski definition) is 1. The Morgan fingerprint density at radius 3 is 2.00 bits per heavy atom. The lowest BCUT2D eigenvalue weighted by molar-refractivity contribution is -0.133. The van der Waals surface area contributed by atoms with E-state index in [1.165, 1.54) is 6.42 Å². The number of amides is 2.